The van der Waals surface area contributed by atoms with Crippen LogP contribution in [0, 0.1) is 0 Å². The molecular formula is C9H26N3O9P3. The van der Waals surface area contributed by atoms with Gasteiger partial charge < -0.3 is 39.6 Å². The molecule has 24 heavy (non-hydrogen) atoms. The summed E-state index contributed by atoms with van der Waals surface area (Å²) in [6.07, 6.45) is -1.97. The lowest BCUT2D eigenvalue weighted by Gasteiger charge is -2.27. The van der Waals surface area contributed by atoms with E-state index in [0.29, 0.717) is 13.1 Å². The predicted molar refractivity (Wildman–Crippen MR) is 87.6 cm³/mol. The van der Waals surface area contributed by atoms with Gasteiger partial charge in [-0.2, -0.15) is 0 Å². The molecule has 0 aromatic carbocycles. The van der Waals surface area contributed by atoms with Crippen molar-refractivity contribution in [3.8, 4) is 0 Å². The lowest BCUT2D eigenvalue weighted by molar-refractivity contribution is 0.222. The van der Waals surface area contributed by atoms with E-state index in [2.05, 4.69) is 5.32 Å². The molecule has 0 aliphatic carbocycles. The molecule has 0 aromatic rings. The fourth-order valence-corrected chi connectivity index (χ4v) is 4.01. The molecule has 0 amide bonds. The van der Waals surface area contributed by atoms with Gasteiger partial charge in [-0.25, -0.2) is 0 Å². The molecule has 0 aliphatic heterocycles. The average molecular weight is 413 g/mol. The van der Waals surface area contributed by atoms with Crippen LogP contribution in [0.15, 0.2) is 0 Å². The Labute approximate surface area is 140 Å². The Morgan fingerprint density at radius 2 is 1.21 bits per heavy atom. The molecule has 0 saturated carbocycles. The first-order valence-electron chi connectivity index (χ1n) is 7.01. The SMILES string of the molecule is CCN(CCNCP(=O)(O)O)CCN(CP(=O)(O)O)CP(=O)(O)O. The van der Waals surface area contributed by atoms with E-state index >= 15 is 0 Å². The molecule has 12 nitrogen and oxygen atoms in total. The third kappa shape index (κ3) is 15.8. The van der Waals surface area contributed by atoms with Gasteiger partial charge in [0, 0.05) is 26.2 Å². The van der Waals surface area contributed by atoms with Crippen molar-refractivity contribution in [3.63, 3.8) is 0 Å². The fourth-order valence-electron chi connectivity index (χ4n) is 1.88. The van der Waals surface area contributed by atoms with Crippen molar-refractivity contribution in [1.29, 1.82) is 0 Å². The van der Waals surface area contributed by atoms with Gasteiger partial charge in [0.05, 0.1) is 6.29 Å². The number of hydrogen-bond acceptors (Lipinski definition) is 6. The van der Waals surface area contributed by atoms with E-state index in [4.69, 9.17) is 29.4 Å². The minimum Gasteiger partial charge on any atom is -0.324 e. The number of hydrogen-bond donors (Lipinski definition) is 7. The van der Waals surface area contributed by atoms with Gasteiger partial charge in [0.1, 0.15) is 12.6 Å². The van der Waals surface area contributed by atoms with Crippen molar-refractivity contribution >= 4 is 22.8 Å². The van der Waals surface area contributed by atoms with E-state index in [-0.39, 0.29) is 19.6 Å². The Morgan fingerprint density at radius 1 is 0.750 bits per heavy atom. The van der Waals surface area contributed by atoms with E-state index in [1.807, 2.05) is 11.8 Å². The van der Waals surface area contributed by atoms with Crippen molar-refractivity contribution in [1.82, 2.24) is 15.1 Å². The van der Waals surface area contributed by atoms with E-state index in [9.17, 15) is 13.7 Å². The van der Waals surface area contributed by atoms with Gasteiger partial charge in [0.15, 0.2) is 0 Å². The standard InChI is InChI=1S/C9H26N3O9P3/c1-2-11(4-3-10-7-22(13,14)15)5-6-12(8-23(16,17)18)9-24(19,20)21/h10H,2-9H2,1H3,(H2,13,14,15)(H2,16,17,18)(H2,19,20,21). The van der Waals surface area contributed by atoms with Crippen LogP contribution < -0.4 is 5.32 Å². The van der Waals surface area contributed by atoms with Gasteiger partial charge in [-0.3, -0.25) is 18.6 Å². The van der Waals surface area contributed by atoms with E-state index < -0.39 is 41.6 Å². The summed E-state index contributed by atoms with van der Waals surface area (Å²) >= 11 is 0. The summed E-state index contributed by atoms with van der Waals surface area (Å²) in [5.74, 6) is 0. The first-order valence-corrected chi connectivity index (χ1v) is 12.4. The van der Waals surface area contributed by atoms with Gasteiger partial charge in [0.2, 0.25) is 0 Å². The van der Waals surface area contributed by atoms with Crippen molar-refractivity contribution in [2.24, 2.45) is 0 Å². The van der Waals surface area contributed by atoms with Crippen LogP contribution in [-0.2, 0) is 13.7 Å². The van der Waals surface area contributed by atoms with E-state index in [0.717, 1.165) is 4.90 Å². The molecule has 0 rings (SSSR count). The van der Waals surface area contributed by atoms with Crippen molar-refractivity contribution in [3.05, 3.63) is 0 Å². The van der Waals surface area contributed by atoms with Crippen LogP contribution >= 0.6 is 22.8 Å². The zero-order valence-electron chi connectivity index (χ0n) is 13.3. The number of likely N-dealkylation sites (N-methyl/N-ethyl adjacent to an activating group) is 1. The molecule has 0 radical (unpaired) electrons. The molecule has 146 valence electrons. The molecule has 15 heteroatoms. The van der Waals surface area contributed by atoms with Crippen LogP contribution in [-0.4, -0.2) is 90.7 Å². The number of rotatable bonds is 13. The fraction of sp³-hybridized carbons (Fsp3) is 1.00. The van der Waals surface area contributed by atoms with Gasteiger partial charge >= 0.3 is 22.8 Å². The van der Waals surface area contributed by atoms with Crippen LogP contribution in [0.3, 0.4) is 0 Å². The second kappa shape index (κ2) is 10.5. The highest BCUT2D eigenvalue weighted by atomic mass is 31.2. The van der Waals surface area contributed by atoms with Crippen LogP contribution in [0.5, 0.6) is 0 Å². The monoisotopic (exact) mass is 413 g/mol. The zero-order valence-corrected chi connectivity index (χ0v) is 16.0. The first-order chi connectivity index (χ1) is 10.7. The number of nitrogens with one attached hydrogen (secondary N) is 1. The molecule has 0 fully saturated rings. The predicted octanol–water partition coefficient (Wildman–Crippen LogP) is -1.39. The Hall–Kier alpha value is 0.330. The highest BCUT2D eigenvalue weighted by molar-refractivity contribution is 7.52. The van der Waals surface area contributed by atoms with Crippen LogP contribution in [0.1, 0.15) is 6.92 Å². The van der Waals surface area contributed by atoms with E-state index in [1.54, 1.807) is 0 Å². The maximum atomic E-state index is 11.0. The topological polar surface area (TPSA) is 191 Å². The number of nitrogens with zero attached hydrogens (tertiary/aromatic N) is 2. The summed E-state index contributed by atoms with van der Waals surface area (Å²) in [5.41, 5.74) is 0. The summed E-state index contributed by atoms with van der Waals surface area (Å²) < 4.78 is 32.8. The molecule has 0 unspecified atom stereocenters. The van der Waals surface area contributed by atoms with E-state index in [1.165, 1.54) is 0 Å². The average Bonchev–Trinajstić information content (AvgIpc) is 2.32. The summed E-state index contributed by atoms with van der Waals surface area (Å²) in [5, 5.41) is 2.59. The minimum absolute atomic E-state index is 0.0303. The molecule has 0 heterocycles. The van der Waals surface area contributed by atoms with Gasteiger partial charge in [-0.1, -0.05) is 6.92 Å². The Kier molecular flexibility index (Phi) is 10.6. The molecule has 0 spiro atoms. The lowest BCUT2D eigenvalue weighted by Crippen LogP contribution is -2.39. The summed E-state index contributed by atoms with van der Waals surface area (Å²) in [7, 11) is -13.0. The second-order valence-electron chi connectivity index (χ2n) is 5.26. The summed E-state index contributed by atoms with van der Waals surface area (Å²) in [6.45, 7) is 3.39. The quantitative estimate of drug-likeness (QED) is 0.138. The summed E-state index contributed by atoms with van der Waals surface area (Å²) in [4.78, 5) is 56.2. The molecule has 0 atom stereocenters. The van der Waals surface area contributed by atoms with Crippen molar-refractivity contribution < 1.29 is 43.1 Å². The Bertz CT molecular complexity index is 478. The van der Waals surface area contributed by atoms with Gasteiger partial charge in [-0.05, 0) is 6.54 Å². The molecule has 0 aromatic heterocycles. The highest BCUT2D eigenvalue weighted by Crippen LogP contribution is 2.40. The molecule has 0 saturated heterocycles. The molecule has 0 bridgehead atoms. The maximum Gasteiger partial charge on any atom is 0.339 e. The Balaban J connectivity index is 4.43. The smallest absolute Gasteiger partial charge is 0.324 e. The lowest BCUT2D eigenvalue weighted by atomic mass is 10.4. The summed E-state index contributed by atoms with van der Waals surface area (Å²) in [6, 6.07) is 0. The molecule has 0 aliphatic rings. The first kappa shape index (κ1) is 24.3. The van der Waals surface area contributed by atoms with Crippen molar-refractivity contribution in [2.75, 3.05) is 51.6 Å². The second-order valence-corrected chi connectivity index (χ2v) is 10.1. The van der Waals surface area contributed by atoms with Crippen LogP contribution in [0.25, 0.3) is 0 Å². The van der Waals surface area contributed by atoms with Crippen LogP contribution in [0.2, 0.25) is 0 Å². The van der Waals surface area contributed by atoms with Crippen molar-refractivity contribution in [2.45, 2.75) is 6.92 Å². The zero-order chi connectivity index (χ0) is 19.0. The largest absolute Gasteiger partial charge is 0.339 e. The van der Waals surface area contributed by atoms with Gasteiger partial charge in [0.25, 0.3) is 0 Å². The third-order valence-corrected chi connectivity index (χ3v) is 5.04. The van der Waals surface area contributed by atoms with Crippen LogP contribution in [0.4, 0.5) is 0 Å². The molecule has 7 N–H and O–H groups in total. The minimum atomic E-state index is -4.46. The highest BCUT2D eigenvalue weighted by Gasteiger charge is 2.25. The maximum absolute atomic E-state index is 11.0. The Morgan fingerprint density at radius 3 is 1.58 bits per heavy atom. The normalized spacial score (nSPS) is 13.9. The third-order valence-electron chi connectivity index (χ3n) is 2.87. The molecular weight excluding hydrogens is 387 g/mol. The van der Waals surface area contributed by atoms with Gasteiger partial charge in [-0.15, -0.1) is 0 Å².